The van der Waals surface area contributed by atoms with E-state index in [0.29, 0.717) is 12.7 Å². The number of carboxylic acid groups (broad SMARTS) is 1. The highest BCUT2D eigenvalue weighted by molar-refractivity contribution is 5.66. The lowest BCUT2D eigenvalue weighted by Gasteiger charge is -2.54. The second-order valence-electron chi connectivity index (χ2n) is 5.91. The summed E-state index contributed by atoms with van der Waals surface area (Å²) < 4.78 is 5.85. The SMILES string of the molecule is O=C(O)CCOC1C2CC3CC(C2)CC1C3. The number of ether oxygens (including phenoxy) is 1. The average Bonchev–Trinajstić information content (AvgIpc) is 2.20. The molecule has 3 heteroatoms. The predicted molar refractivity (Wildman–Crippen MR) is 59.0 cm³/mol. The van der Waals surface area contributed by atoms with Crippen LogP contribution in [0, 0.1) is 23.7 Å². The Bertz CT molecular complexity index is 259. The Hall–Kier alpha value is -0.570. The molecule has 4 rings (SSSR count). The Kier molecular flexibility index (Phi) is 2.66. The maximum Gasteiger partial charge on any atom is 0.305 e. The van der Waals surface area contributed by atoms with E-state index in [1.54, 1.807) is 0 Å². The van der Waals surface area contributed by atoms with E-state index in [2.05, 4.69) is 0 Å². The number of hydrogen-bond acceptors (Lipinski definition) is 2. The Morgan fingerprint density at radius 1 is 1.06 bits per heavy atom. The Balaban J connectivity index is 1.57. The second kappa shape index (κ2) is 4.02. The van der Waals surface area contributed by atoms with Gasteiger partial charge < -0.3 is 9.84 Å². The molecule has 16 heavy (non-hydrogen) atoms. The van der Waals surface area contributed by atoms with E-state index in [-0.39, 0.29) is 6.42 Å². The molecule has 0 unspecified atom stereocenters. The molecule has 0 atom stereocenters. The smallest absolute Gasteiger partial charge is 0.305 e. The lowest BCUT2D eigenvalue weighted by atomic mass is 9.55. The maximum absolute atomic E-state index is 10.5. The third-order valence-electron chi connectivity index (χ3n) is 4.77. The molecule has 90 valence electrons. The summed E-state index contributed by atoms with van der Waals surface area (Å²) in [6, 6.07) is 0. The van der Waals surface area contributed by atoms with Gasteiger partial charge in [-0.3, -0.25) is 4.79 Å². The standard InChI is InChI=1S/C13H20O3/c14-12(15)1-2-16-13-10-4-8-3-9(6-10)7-11(13)5-8/h8-11,13H,1-7H2,(H,14,15). The zero-order valence-corrected chi connectivity index (χ0v) is 9.60. The fraction of sp³-hybridized carbons (Fsp3) is 0.923. The van der Waals surface area contributed by atoms with E-state index in [1.807, 2.05) is 0 Å². The second-order valence-corrected chi connectivity index (χ2v) is 5.91. The summed E-state index contributed by atoms with van der Waals surface area (Å²) in [5.74, 6) is 2.66. The van der Waals surface area contributed by atoms with Crippen molar-refractivity contribution in [3.05, 3.63) is 0 Å². The highest BCUT2D eigenvalue weighted by atomic mass is 16.5. The Morgan fingerprint density at radius 3 is 2.12 bits per heavy atom. The van der Waals surface area contributed by atoms with Gasteiger partial charge in [0.2, 0.25) is 0 Å². The molecule has 1 N–H and O–H groups in total. The van der Waals surface area contributed by atoms with Crippen LogP contribution >= 0.6 is 0 Å². The minimum absolute atomic E-state index is 0.156. The molecule has 0 heterocycles. The van der Waals surface area contributed by atoms with Gasteiger partial charge in [0.1, 0.15) is 0 Å². The summed E-state index contributed by atoms with van der Waals surface area (Å²) in [5.41, 5.74) is 0. The summed E-state index contributed by atoms with van der Waals surface area (Å²) in [7, 11) is 0. The molecule has 0 aromatic rings. The molecule has 3 nitrogen and oxygen atoms in total. The van der Waals surface area contributed by atoms with Gasteiger partial charge >= 0.3 is 5.97 Å². The van der Waals surface area contributed by atoms with Crippen molar-refractivity contribution in [3.63, 3.8) is 0 Å². The van der Waals surface area contributed by atoms with Gasteiger partial charge in [0.15, 0.2) is 0 Å². The topological polar surface area (TPSA) is 46.5 Å². The number of rotatable bonds is 4. The fourth-order valence-corrected chi connectivity index (χ4v) is 4.43. The summed E-state index contributed by atoms with van der Waals surface area (Å²) >= 11 is 0. The van der Waals surface area contributed by atoms with E-state index in [1.165, 1.54) is 32.1 Å². The minimum Gasteiger partial charge on any atom is -0.481 e. The molecule has 4 bridgehead atoms. The summed E-state index contributed by atoms with van der Waals surface area (Å²) in [6.07, 6.45) is 7.34. The van der Waals surface area contributed by atoms with E-state index in [0.717, 1.165) is 23.7 Å². The summed E-state index contributed by atoms with van der Waals surface area (Å²) in [4.78, 5) is 10.5. The van der Waals surface area contributed by atoms with Crippen molar-refractivity contribution in [2.45, 2.75) is 44.6 Å². The lowest BCUT2D eigenvalue weighted by Crippen LogP contribution is -2.49. The molecule has 4 aliphatic carbocycles. The number of aliphatic carboxylic acids is 1. The van der Waals surface area contributed by atoms with Crippen LogP contribution in [0.25, 0.3) is 0 Å². The third-order valence-corrected chi connectivity index (χ3v) is 4.77. The van der Waals surface area contributed by atoms with E-state index < -0.39 is 5.97 Å². The van der Waals surface area contributed by atoms with Gasteiger partial charge in [-0.1, -0.05) is 0 Å². The van der Waals surface area contributed by atoms with Gasteiger partial charge in [0, 0.05) is 0 Å². The average molecular weight is 224 g/mol. The van der Waals surface area contributed by atoms with Crippen molar-refractivity contribution >= 4 is 5.97 Å². The van der Waals surface area contributed by atoms with Crippen LogP contribution in [0.5, 0.6) is 0 Å². The molecule has 0 aromatic carbocycles. The van der Waals surface area contributed by atoms with Crippen LogP contribution < -0.4 is 0 Å². The zero-order valence-electron chi connectivity index (χ0n) is 9.60. The van der Waals surface area contributed by atoms with E-state index in [4.69, 9.17) is 9.84 Å². The zero-order chi connectivity index (χ0) is 11.1. The van der Waals surface area contributed by atoms with Crippen molar-refractivity contribution in [3.8, 4) is 0 Å². The summed E-state index contributed by atoms with van der Waals surface area (Å²) in [5, 5.41) is 8.62. The van der Waals surface area contributed by atoms with Crippen LogP contribution in [0.3, 0.4) is 0 Å². The molecule has 0 amide bonds. The molecule has 0 spiro atoms. The van der Waals surface area contributed by atoms with Crippen molar-refractivity contribution < 1.29 is 14.6 Å². The van der Waals surface area contributed by atoms with Crippen LogP contribution in [0.2, 0.25) is 0 Å². The molecule has 4 fully saturated rings. The largest absolute Gasteiger partial charge is 0.481 e. The highest BCUT2D eigenvalue weighted by Crippen LogP contribution is 2.54. The van der Waals surface area contributed by atoms with Gasteiger partial charge in [-0.25, -0.2) is 0 Å². The molecular formula is C13H20O3. The van der Waals surface area contributed by atoms with Crippen LogP contribution in [0.4, 0.5) is 0 Å². The molecule has 4 saturated carbocycles. The van der Waals surface area contributed by atoms with Crippen molar-refractivity contribution in [1.82, 2.24) is 0 Å². The number of carboxylic acids is 1. The summed E-state index contributed by atoms with van der Waals surface area (Å²) in [6.45, 7) is 0.405. The molecule has 0 radical (unpaired) electrons. The van der Waals surface area contributed by atoms with Crippen molar-refractivity contribution in [1.29, 1.82) is 0 Å². The Labute approximate surface area is 96.2 Å². The van der Waals surface area contributed by atoms with Crippen molar-refractivity contribution in [2.24, 2.45) is 23.7 Å². The number of hydrogen-bond donors (Lipinski definition) is 1. The molecule has 4 aliphatic rings. The van der Waals surface area contributed by atoms with Crippen LogP contribution in [0.1, 0.15) is 38.5 Å². The Morgan fingerprint density at radius 2 is 1.62 bits per heavy atom. The lowest BCUT2D eigenvalue weighted by molar-refractivity contribution is -0.145. The van der Waals surface area contributed by atoms with E-state index >= 15 is 0 Å². The first-order valence-electron chi connectivity index (χ1n) is 6.55. The van der Waals surface area contributed by atoms with Gasteiger partial charge in [-0.05, 0) is 55.8 Å². The highest BCUT2D eigenvalue weighted by Gasteiger charge is 2.48. The fourth-order valence-electron chi connectivity index (χ4n) is 4.43. The molecule has 0 aromatic heterocycles. The monoisotopic (exact) mass is 224 g/mol. The predicted octanol–water partition coefficient (Wildman–Crippen LogP) is 2.30. The van der Waals surface area contributed by atoms with Crippen LogP contribution in [0.15, 0.2) is 0 Å². The third kappa shape index (κ3) is 1.86. The quantitative estimate of drug-likeness (QED) is 0.797. The molecular weight excluding hydrogens is 204 g/mol. The number of carbonyl (C=O) groups is 1. The first kappa shape index (κ1) is 10.6. The van der Waals surface area contributed by atoms with Crippen molar-refractivity contribution in [2.75, 3.05) is 6.61 Å². The first-order valence-corrected chi connectivity index (χ1v) is 6.55. The van der Waals surface area contributed by atoms with Crippen LogP contribution in [-0.2, 0) is 9.53 Å². The van der Waals surface area contributed by atoms with Gasteiger partial charge in [0.05, 0.1) is 19.1 Å². The van der Waals surface area contributed by atoms with Gasteiger partial charge in [0.25, 0.3) is 0 Å². The maximum atomic E-state index is 10.5. The van der Waals surface area contributed by atoms with E-state index in [9.17, 15) is 4.79 Å². The normalized spacial score (nSPS) is 44.9. The molecule has 0 aliphatic heterocycles. The first-order chi connectivity index (χ1) is 7.72. The molecule has 0 saturated heterocycles. The van der Waals surface area contributed by atoms with Gasteiger partial charge in [-0.15, -0.1) is 0 Å². The minimum atomic E-state index is -0.746. The van der Waals surface area contributed by atoms with Crippen LogP contribution in [-0.4, -0.2) is 23.8 Å². The van der Waals surface area contributed by atoms with Gasteiger partial charge in [-0.2, -0.15) is 0 Å².